The lowest BCUT2D eigenvalue weighted by Gasteiger charge is -2.23. The van der Waals surface area contributed by atoms with Crippen LogP contribution in [0.4, 0.5) is 0 Å². The second-order valence-electron chi connectivity index (χ2n) is 8.56. The van der Waals surface area contributed by atoms with Gasteiger partial charge in [0.25, 0.3) is 0 Å². The summed E-state index contributed by atoms with van der Waals surface area (Å²) in [4.78, 5) is 5.33. The Hall–Kier alpha value is -3.41. The van der Waals surface area contributed by atoms with Crippen LogP contribution < -0.4 is 9.47 Å². The number of imidazole rings is 2. The fourth-order valence-corrected chi connectivity index (χ4v) is 4.82. The van der Waals surface area contributed by atoms with Crippen molar-refractivity contribution in [2.24, 2.45) is 0 Å². The first-order valence-electron chi connectivity index (χ1n) is 11.5. The average molecular weight is 425 g/mol. The number of quaternary nitrogens is 1. The maximum absolute atomic E-state index is 5.53. The molecule has 3 aromatic carbocycles. The molecule has 1 saturated heterocycles. The van der Waals surface area contributed by atoms with Gasteiger partial charge in [-0.1, -0.05) is 66.7 Å². The number of aromatic nitrogens is 3. The number of hydrogen-bond acceptors (Lipinski definition) is 1. The highest BCUT2D eigenvalue weighted by atomic mass is 16.5. The monoisotopic (exact) mass is 424 g/mol. The van der Waals surface area contributed by atoms with E-state index in [1.807, 2.05) is 0 Å². The molecule has 5 aromatic rings. The summed E-state index contributed by atoms with van der Waals surface area (Å²) in [6.45, 7) is 6.03. The number of morpholine rings is 1. The SMILES string of the molecule is c1ccc(-c2ccc(-c3cn4c5ccccc5[n+](CC[NH+]5CCOCC5)c4[nH]3)cc2)cc1. The van der Waals surface area contributed by atoms with Crippen LogP contribution in [0.1, 0.15) is 0 Å². The Balaban J connectivity index is 1.35. The Labute approximate surface area is 187 Å². The van der Waals surface area contributed by atoms with Crippen LogP contribution in [0.15, 0.2) is 85.1 Å². The van der Waals surface area contributed by atoms with Gasteiger partial charge in [-0.05, 0) is 23.3 Å². The molecule has 160 valence electrons. The predicted octanol–water partition coefficient (Wildman–Crippen LogP) is 2.96. The molecule has 1 aliphatic heterocycles. The lowest BCUT2D eigenvalue weighted by Crippen LogP contribution is -3.14. The van der Waals surface area contributed by atoms with Gasteiger partial charge in [0, 0.05) is 5.56 Å². The fraction of sp³-hybridized carbons (Fsp3) is 0.222. The molecule has 0 spiro atoms. The first-order valence-corrected chi connectivity index (χ1v) is 11.5. The van der Waals surface area contributed by atoms with Crippen LogP contribution in [-0.2, 0) is 11.3 Å². The van der Waals surface area contributed by atoms with E-state index in [0.29, 0.717) is 0 Å². The quantitative estimate of drug-likeness (QED) is 0.418. The third-order valence-electron chi connectivity index (χ3n) is 6.61. The molecular formula is C27H28N4O+2. The van der Waals surface area contributed by atoms with Crippen LogP contribution in [0.25, 0.3) is 39.2 Å². The van der Waals surface area contributed by atoms with Crippen molar-refractivity contribution in [1.29, 1.82) is 0 Å². The van der Waals surface area contributed by atoms with Gasteiger partial charge < -0.3 is 9.64 Å². The second kappa shape index (κ2) is 8.26. The normalized spacial score (nSPS) is 15.0. The topological polar surface area (TPSA) is 37.8 Å². The summed E-state index contributed by atoms with van der Waals surface area (Å²) < 4.78 is 10.3. The summed E-state index contributed by atoms with van der Waals surface area (Å²) in [5, 5.41) is 0. The van der Waals surface area contributed by atoms with Gasteiger partial charge in [-0.15, -0.1) is 0 Å². The molecule has 32 heavy (non-hydrogen) atoms. The minimum absolute atomic E-state index is 0.873. The van der Waals surface area contributed by atoms with Crippen molar-refractivity contribution >= 4 is 16.8 Å². The van der Waals surface area contributed by atoms with E-state index in [1.54, 1.807) is 4.90 Å². The van der Waals surface area contributed by atoms with Gasteiger partial charge in [-0.2, -0.15) is 4.40 Å². The largest absolute Gasteiger partial charge is 0.370 e. The van der Waals surface area contributed by atoms with Gasteiger partial charge >= 0.3 is 5.78 Å². The molecule has 1 aliphatic rings. The lowest BCUT2D eigenvalue weighted by molar-refractivity contribution is -0.923. The highest BCUT2D eigenvalue weighted by Crippen LogP contribution is 2.25. The van der Waals surface area contributed by atoms with Gasteiger partial charge in [0.05, 0.1) is 13.2 Å². The highest BCUT2D eigenvalue weighted by molar-refractivity contribution is 5.77. The van der Waals surface area contributed by atoms with Gasteiger partial charge in [-0.25, -0.2) is 9.55 Å². The van der Waals surface area contributed by atoms with E-state index >= 15 is 0 Å². The standard InChI is InChI=1S/C27H26N4O/c1-2-6-21(7-3-1)22-10-12-23(13-11-22)24-20-31-26-9-5-4-8-25(26)30(27(31)28-24)15-14-29-16-18-32-19-17-29/h1-13,20H,14-19H2/p+2. The molecule has 0 bridgehead atoms. The van der Waals surface area contributed by atoms with Crippen molar-refractivity contribution in [3.63, 3.8) is 0 Å². The van der Waals surface area contributed by atoms with E-state index in [1.165, 1.54) is 27.7 Å². The smallest absolute Gasteiger partial charge is 0.368 e. The van der Waals surface area contributed by atoms with Crippen LogP contribution in [0, 0.1) is 0 Å². The molecule has 0 amide bonds. The number of hydrogen-bond donors (Lipinski definition) is 2. The first-order chi connectivity index (χ1) is 15.9. The Morgan fingerprint density at radius 1 is 0.812 bits per heavy atom. The molecule has 0 atom stereocenters. The maximum atomic E-state index is 5.53. The minimum atomic E-state index is 0.873. The Morgan fingerprint density at radius 2 is 1.50 bits per heavy atom. The van der Waals surface area contributed by atoms with Crippen molar-refractivity contribution in [2.45, 2.75) is 6.54 Å². The lowest BCUT2D eigenvalue weighted by atomic mass is 10.0. The number of rotatable bonds is 5. The molecule has 1 fully saturated rings. The van der Waals surface area contributed by atoms with Crippen LogP contribution in [0.3, 0.4) is 0 Å². The summed E-state index contributed by atoms with van der Waals surface area (Å²) in [7, 11) is 0. The van der Waals surface area contributed by atoms with Crippen LogP contribution in [0.2, 0.25) is 0 Å². The molecule has 5 heteroatoms. The predicted molar refractivity (Wildman–Crippen MR) is 127 cm³/mol. The van der Waals surface area contributed by atoms with Crippen LogP contribution in [0.5, 0.6) is 0 Å². The molecule has 2 aromatic heterocycles. The molecule has 6 rings (SSSR count). The molecular weight excluding hydrogens is 396 g/mol. The molecule has 0 aliphatic carbocycles. The van der Waals surface area contributed by atoms with Crippen molar-refractivity contribution in [3.05, 3.63) is 85.1 Å². The van der Waals surface area contributed by atoms with Gasteiger partial charge in [0.2, 0.25) is 0 Å². The number of nitrogens with zero attached hydrogens (tertiary/aromatic N) is 2. The number of H-pyrrole nitrogens is 1. The van der Waals surface area contributed by atoms with E-state index < -0.39 is 0 Å². The zero-order valence-electron chi connectivity index (χ0n) is 18.1. The van der Waals surface area contributed by atoms with Crippen LogP contribution >= 0.6 is 0 Å². The van der Waals surface area contributed by atoms with Crippen molar-refractivity contribution < 1.29 is 14.2 Å². The Morgan fingerprint density at radius 3 is 2.31 bits per heavy atom. The first kappa shape index (κ1) is 19.3. The van der Waals surface area contributed by atoms with Gasteiger partial charge in [-0.3, -0.25) is 0 Å². The van der Waals surface area contributed by atoms with Crippen molar-refractivity contribution in [1.82, 2.24) is 9.38 Å². The number of para-hydroxylation sites is 2. The number of ether oxygens (including phenoxy) is 1. The Kier molecular flexibility index (Phi) is 4.98. The third kappa shape index (κ3) is 3.49. The summed E-state index contributed by atoms with van der Waals surface area (Å²) in [6.07, 6.45) is 2.23. The van der Waals surface area contributed by atoms with E-state index in [-0.39, 0.29) is 0 Å². The third-order valence-corrected chi connectivity index (χ3v) is 6.61. The number of aromatic amines is 1. The molecule has 0 unspecified atom stereocenters. The summed E-state index contributed by atoms with van der Waals surface area (Å²) in [5.74, 6) is 1.14. The van der Waals surface area contributed by atoms with E-state index in [2.05, 4.69) is 99.0 Å². The number of nitrogens with one attached hydrogen (secondary N) is 2. The van der Waals surface area contributed by atoms with Gasteiger partial charge in [0.15, 0.2) is 0 Å². The van der Waals surface area contributed by atoms with Crippen molar-refractivity contribution in [3.8, 4) is 22.4 Å². The molecule has 5 nitrogen and oxygen atoms in total. The van der Waals surface area contributed by atoms with Crippen molar-refractivity contribution in [2.75, 3.05) is 32.8 Å². The van der Waals surface area contributed by atoms with Crippen LogP contribution in [-0.4, -0.2) is 42.2 Å². The van der Waals surface area contributed by atoms with Gasteiger partial charge in [0.1, 0.15) is 49.1 Å². The molecule has 2 N–H and O–H groups in total. The summed E-state index contributed by atoms with van der Waals surface area (Å²) in [6, 6.07) is 28.0. The van der Waals surface area contributed by atoms with E-state index in [9.17, 15) is 0 Å². The number of fused-ring (bicyclic) bond motifs is 3. The van der Waals surface area contributed by atoms with E-state index in [0.717, 1.165) is 50.9 Å². The second-order valence-corrected chi connectivity index (χ2v) is 8.56. The summed E-state index contributed by atoms with van der Waals surface area (Å²) in [5.41, 5.74) is 7.33. The fourth-order valence-electron chi connectivity index (χ4n) is 4.82. The molecule has 3 heterocycles. The van der Waals surface area contributed by atoms with E-state index in [4.69, 9.17) is 4.74 Å². The number of benzene rings is 3. The zero-order valence-corrected chi connectivity index (χ0v) is 18.1. The Bertz CT molecular complexity index is 1350. The highest BCUT2D eigenvalue weighted by Gasteiger charge is 2.23. The summed E-state index contributed by atoms with van der Waals surface area (Å²) >= 11 is 0. The molecule has 0 saturated carbocycles. The molecule has 0 radical (unpaired) electrons. The average Bonchev–Trinajstić information content (AvgIpc) is 3.42. The zero-order chi connectivity index (χ0) is 21.3. The maximum Gasteiger partial charge on any atom is 0.368 e. The minimum Gasteiger partial charge on any atom is -0.370 e.